The molecule has 2 amide bonds. The van der Waals surface area contributed by atoms with E-state index in [9.17, 15) is 18.8 Å². The average molecular weight is 512 g/mol. The molecule has 2 atom stereocenters. The summed E-state index contributed by atoms with van der Waals surface area (Å²) < 4.78 is 18.9. The van der Waals surface area contributed by atoms with Crippen molar-refractivity contribution in [1.82, 2.24) is 10.6 Å². The van der Waals surface area contributed by atoms with Crippen molar-refractivity contribution in [2.24, 2.45) is 0 Å². The first-order chi connectivity index (χ1) is 13.8. The second-order valence-electron chi connectivity index (χ2n) is 6.46. The molecule has 0 aliphatic rings. The van der Waals surface area contributed by atoms with E-state index in [1.807, 2.05) is 24.3 Å². The highest BCUT2D eigenvalue weighted by atomic mass is 127. The lowest BCUT2D eigenvalue weighted by Crippen LogP contribution is -2.53. The van der Waals surface area contributed by atoms with Crippen LogP contribution in [0, 0.1) is 9.39 Å². The second-order valence-corrected chi connectivity index (χ2v) is 7.63. The van der Waals surface area contributed by atoms with Gasteiger partial charge in [0.15, 0.2) is 0 Å². The van der Waals surface area contributed by atoms with E-state index in [2.05, 4.69) is 33.2 Å². The Kier molecular flexibility index (Phi) is 8.56. The van der Waals surface area contributed by atoms with Crippen LogP contribution < -0.4 is 10.6 Å². The molecule has 0 heterocycles. The van der Waals surface area contributed by atoms with E-state index in [4.69, 9.17) is 4.74 Å². The van der Waals surface area contributed by atoms with Crippen LogP contribution in [-0.4, -0.2) is 37.0 Å². The van der Waals surface area contributed by atoms with Gasteiger partial charge in [-0.15, -0.1) is 0 Å². The van der Waals surface area contributed by atoms with Gasteiger partial charge in [-0.05, 0) is 51.9 Å². The van der Waals surface area contributed by atoms with Gasteiger partial charge in [0, 0.05) is 23.3 Å². The van der Waals surface area contributed by atoms with Gasteiger partial charge in [0.1, 0.15) is 17.9 Å². The Morgan fingerprint density at radius 3 is 2.24 bits per heavy atom. The minimum atomic E-state index is -0.917. The van der Waals surface area contributed by atoms with Crippen LogP contribution in [0.25, 0.3) is 0 Å². The molecule has 0 aliphatic heterocycles. The first-order valence-electron chi connectivity index (χ1n) is 8.93. The summed E-state index contributed by atoms with van der Waals surface area (Å²) in [7, 11) is 1.25. The van der Waals surface area contributed by atoms with Crippen LogP contribution in [0.3, 0.4) is 0 Å². The van der Waals surface area contributed by atoms with Crippen LogP contribution in [0.1, 0.15) is 18.1 Å². The molecule has 2 aromatic carbocycles. The van der Waals surface area contributed by atoms with E-state index in [0.29, 0.717) is 5.56 Å². The first kappa shape index (κ1) is 22.8. The molecule has 6 nitrogen and oxygen atoms in total. The van der Waals surface area contributed by atoms with Crippen LogP contribution in [0.5, 0.6) is 0 Å². The van der Waals surface area contributed by atoms with Crippen molar-refractivity contribution in [3.63, 3.8) is 0 Å². The smallest absolute Gasteiger partial charge is 0.328 e. The van der Waals surface area contributed by atoms with Crippen molar-refractivity contribution in [3.05, 3.63) is 69.0 Å². The number of hydrogen-bond donors (Lipinski definition) is 2. The lowest BCUT2D eigenvalue weighted by atomic mass is 10.0. The molecule has 0 spiro atoms. The number of carbonyl (C=O) groups is 3. The van der Waals surface area contributed by atoms with E-state index in [0.717, 1.165) is 9.13 Å². The summed E-state index contributed by atoms with van der Waals surface area (Å²) in [4.78, 5) is 36.7. The summed E-state index contributed by atoms with van der Waals surface area (Å²) in [5, 5.41) is 5.26. The second kappa shape index (κ2) is 10.9. The number of ether oxygens (including phenoxy) is 1. The Morgan fingerprint density at radius 2 is 1.66 bits per heavy atom. The number of rotatable bonds is 8. The summed E-state index contributed by atoms with van der Waals surface area (Å²) in [6, 6.07) is 11.3. The molecule has 8 heteroatoms. The Labute approximate surface area is 182 Å². The summed E-state index contributed by atoms with van der Waals surface area (Å²) >= 11 is 2.16. The zero-order chi connectivity index (χ0) is 21.4. The fourth-order valence-corrected chi connectivity index (χ4v) is 3.41. The molecule has 154 valence electrons. The maximum atomic E-state index is 13.1. The van der Waals surface area contributed by atoms with E-state index in [1.54, 1.807) is 12.1 Å². The van der Waals surface area contributed by atoms with E-state index >= 15 is 0 Å². The molecule has 2 rings (SSSR count). The maximum absolute atomic E-state index is 13.1. The van der Waals surface area contributed by atoms with Crippen molar-refractivity contribution in [1.29, 1.82) is 0 Å². The summed E-state index contributed by atoms with van der Waals surface area (Å²) in [5.74, 6) is -1.88. The number of esters is 1. The molecule has 2 N–H and O–H groups in total. The predicted molar refractivity (Wildman–Crippen MR) is 115 cm³/mol. The molecule has 0 bridgehead atoms. The largest absolute Gasteiger partial charge is 0.467 e. The number of amides is 2. The van der Waals surface area contributed by atoms with Gasteiger partial charge in [0.05, 0.1) is 7.11 Å². The Balaban J connectivity index is 2.17. The van der Waals surface area contributed by atoms with Gasteiger partial charge in [0.2, 0.25) is 11.8 Å². The normalized spacial score (nSPS) is 12.6. The van der Waals surface area contributed by atoms with Crippen LogP contribution in [0.4, 0.5) is 4.39 Å². The van der Waals surface area contributed by atoms with Gasteiger partial charge in [-0.2, -0.15) is 0 Å². The molecular formula is C21H22FIN2O4. The zero-order valence-electron chi connectivity index (χ0n) is 16.1. The third-order valence-electron chi connectivity index (χ3n) is 4.23. The third-order valence-corrected chi connectivity index (χ3v) is 5.28. The van der Waals surface area contributed by atoms with Crippen LogP contribution in [-0.2, 0) is 32.0 Å². The van der Waals surface area contributed by atoms with Gasteiger partial charge in [0.25, 0.3) is 0 Å². The number of benzene rings is 2. The number of hydrogen-bond acceptors (Lipinski definition) is 4. The lowest BCUT2D eigenvalue weighted by Gasteiger charge is -2.22. The highest BCUT2D eigenvalue weighted by Crippen LogP contribution is 2.14. The highest BCUT2D eigenvalue weighted by molar-refractivity contribution is 14.1. The SMILES string of the molecule is COC(=O)[C@@H](Cc1ccccc1I)NC(=O)[C@H](Cc1ccc(F)cc1)NC(C)=O. The molecule has 0 fully saturated rings. The van der Waals surface area contributed by atoms with Crippen molar-refractivity contribution in [2.75, 3.05) is 7.11 Å². The minimum absolute atomic E-state index is 0.155. The fraction of sp³-hybridized carbons (Fsp3) is 0.286. The number of carbonyl (C=O) groups excluding carboxylic acids is 3. The van der Waals surface area contributed by atoms with Crippen molar-refractivity contribution in [2.45, 2.75) is 31.8 Å². The van der Waals surface area contributed by atoms with Crippen molar-refractivity contribution >= 4 is 40.4 Å². The highest BCUT2D eigenvalue weighted by Gasteiger charge is 2.27. The van der Waals surface area contributed by atoms with E-state index in [1.165, 1.54) is 26.2 Å². The van der Waals surface area contributed by atoms with Crippen LogP contribution >= 0.6 is 22.6 Å². The third kappa shape index (κ3) is 7.12. The molecular weight excluding hydrogens is 490 g/mol. The molecule has 29 heavy (non-hydrogen) atoms. The molecule has 2 aromatic rings. The minimum Gasteiger partial charge on any atom is -0.467 e. The molecule has 0 aliphatic carbocycles. The topological polar surface area (TPSA) is 84.5 Å². The zero-order valence-corrected chi connectivity index (χ0v) is 18.2. The van der Waals surface area contributed by atoms with E-state index < -0.39 is 29.8 Å². The quantitative estimate of drug-likeness (QED) is 0.421. The van der Waals surface area contributed by atoms with Gasteiger partial charge < -0.3 is 15.4 Å². The molecule has 0 unspecified atom stereocenters. The summed E-state index contributed by atoms with van der Waals surface area (Å²) in [5.41, 5.74) is 1.56. The number of methoxy groups -OCH3 is 1. The molecule has 0 saturated heterocycles. The van der Waals surface area contributed by atoms with Crippen LogP contribution in [0.2, 0.25) is 0 Å². The summed E-state index contributed by atoms with van der Waals surface area (Å²) in [6.07, 6.45) is 0.406. The van der Waals surface area contributed by atoms with Gasteiger partial charge in [-0.25, -0.2) is 9.18 Å². The molecule has 0 radical (unpaired) electrons. The van der Waals surface area contributed by atoms with Crippen LogP contribution in [0.15, 0.2) is 48.5 Å². The fourth-order valence-electron chi connectivity index (χ4n) is 2.80. The Bertz CT molecular complexity index is 873. The lowest BCUT2D eigenvalue weighted by molar-refractivity contribution is -0.145. The first-order valence-corrected chi connectivity index (χ1v) is 10.0. The standard InChI is InChI=1S/C21H22FIN2O4/c1-13(26)24-18(11-14-7-9-16(22)10-8-14)20(27)25-19(21(28)29-2)12-15-5-3-4-6-17(15)23/h3-10,18-19H,11-12H2,1-2H3,(H,24,26)(H,25,27)/t18-,19+/m0/s1. The Hall–Kier alpha value is -2.49. The van der Waals surface area contributed by atoms with Gasteiger partial charge in [-0.3, -0.25) is 9.59 Å². The van der Waals surface area contributed by atoms with E-state index in [-0.39, 0.29) is 18.7 Å². The number of nitrogens with one attached hydrogen (secondary N) is 2. The predicted octanol–water partition coefficient (Wildman–Crippen LogP) is 2.38. The van der Waals surface area contributed by atoms with Gasteiger partial charge >= 0.3 is 5.97 Å². The molecule has 0 saturated carbocycles. The molecule has 0 aromatic heterocycles. The van der Waals surface area contributed by atoms with Crippen molar-refractivity contribution < 1.29 is 23.5 Å². The van der Waals surface area contributed by atoms with Gasteiger partial charge in [-0.1, -0.05) is 30.3 Å². The average Bonchev–Trinajstić information content (AvgIpc) is 2.69. The number of halogens is 2. The monoisotopic (exact) mass is 512 g/mol. The van der Waals surface area contributed by atoms with Crippen molar-refractivity contribution in [3.8, 4) is 0 Å². The Morgan fingerprint density at radius 1 is 1.00 bits per heavy atom. The maximum Gasteiger partial charge on any atom is 0.328 e. The summed E-state index contributed by atoms with van der Waals surface area (Å²) in [6.45, 7) is 1.30.